The molecule has 0 aromatic heterocycles. The Kier molecular flexibility index (Phi) is 4.22. The van der Waals surface area contributed by atoms with Gasteiger partial charge in [-0.3, -0.25) is 9.69 Å². The molecule has 114 valence electrons. The van der Waals surface area contributed by atoms with Gasteiger partial charge in [-0.05, 0) is 33.6 Å². The Hall–Kier alpha value is -1.30. The molecule has 6 nitrogen and oxygen atoms in total. The number of rotatable bonds is 1. The maximum absolute atomic E-state index is 12.1. The van der Waals surface area contributed by atoms with Crippen molar-refractivity contribution in [2.45, 2.75) is 45.3 Å². The van der Waals surface area contributed by atoms with Crippen molar-refractivity contribution in [3.05, 3.63) is 0 Å². The molecule has 0 bridgehead atoms. The molecule has 6 heteroatoms. The van der Waals surface area contributed by atoms with Gasteiger partial charge in [-0.25, -0.2) is 4.79 Å². The Morgan fingerprint density at radius 3 is 2.45 bits per heavy atom. The van der Waals surface area contributed by atoms with Gasteiger partial charge in [0.15, 0.2) is 0 Å². The molecule has 0 saturated carbocycles. The quantitative estimate of drug-likeness (QED) is 0.788. The summed E-state index contributed by atoms with van der Waals surface area (Å²) >= 11 is 0. The Morgan fingerprint density at radius 2 is 1.85 bits per heavy atom. The van der Waals surface area contributed by atoms with E-state index in [0.29, 0.717) is 26.1 Å². The molecule has 0 radical (unpaired) electrons. The number of carbonyl (C=O) groups is 2. The van der Waals surface area contributed by atoms with Gasteiger partial charge in [-0.15, -0.1) is 0 Å². The molecule has 2 aliphatic heterocycles. The molecule has 0 aromatic rings. The predicted octanol–water partition coefficient (Wildman–Crippen LogP) is 1.40. The number of hydrogen-bond donors (Lipinski definition) is 1. The molecule has 2 atom stereocenters. The number of carbonyl (C=O) groups excluding carboxylic acids is 1. The number of carboxylic acid groups (broad SMARTS) is 1. The first-order valence-electron chi connectivity index (χ1n) is 7.21. The van der Waals surface area contributed by atoms with E-state index in [4.69, 9.17) is 9.84 Å². The minimum Gasteiger partial charge on any atom is -0.481 e. The summed E-state index contributed by atoms with van der Waals surface area (Å²) in [5.74, 6) is -0.975. The summed E-state index contributed by atoms with van der Waals surface area (Å²) in [7, 11) is 0. The van der Waals surface area contributed by atoms with Crippen molar-refractivity contribution in [2.75, 3.05) is 26.2 Å². The molecule has 2 fully saturated rings. The van der Waals surface area contributed by atoms with Crippen LogP contribution in [0.25, 0.3) is 0 Å². The molecule has 0 spiro atoms. The van der Waals surface area contributed by atoms with Crippen LogP contribution >= 0.6 is 0 Å². The van der Waals surface area contributed by atoms with E-state index in [0.717, 1.165) is 13.0 Å². The van der Waals surface area contributed by atoms with Crippen molar-refractivity contribution in [3.8, 4) is 0 Å². The van der Waals surface area contributed by atoms with Crippen molar-refractivity contribution in [1.82, 2.24) is 9.80 Å². The van der Waals surface area contributed by atoms with Crippen LogP contribution in [0.2, 0.25) is 0 Å². The summed E-state index contributed by atoms with van der Waals surface area (Å²) in [5, 5.41) is 9.09. The van der Waals surface area contributed by atoms with E-state index in [1.165, 1.54) is 0 Å². The smallest absolute Gasteiger partial charge is 0.410 e. The summed E-state index contributed by atoms with van der Waals surface area (Å²) in [6.07, 6.45) is 1.26. The van der Waals surface area contributed by atoms with Gasteiger partial charge in [0.05, 0.1) is 5.92 Å². The SMILES string of the molecule is CC(C)(C)OC(=O)N1CCN2C[C@@H](C(=O)O)CC[C@@H]2C1. The predicted molar refractivity (Wildman–Crippen MR) is 73.5 cm³/mol. The summed E-state index contributed by atoms with van der Waals surface area (Å²) in [4.78, 5) is 27.0. The van der Waals surface area contributed by atoms with Gasteiger partial charge in [0, 0.05) is 32.2 Å². The zero-order valence-electron chi connectivity index (χ0n) is 12.5. The Labute approximate surface area is 119 Å². The first kappa shape index (κ1) is 15.1. The van der Waals surface area contributed by atoms with Crippen LogP contribution in [0.3, 0.4) is 0 Å². The number of amides is 1. The Morgan fingerprint density at radius 1 is 1.15 bits per heavy atom. The van der Waals surface area contributed by atoms with Crippen molar-refractivity contribution in [1.29, 1.82) is 0 Å². The van der Waals surface area contributed by atoms with Gasteiger partial charge in [0.2, 0.25) is 0 Å². The lowest BCUT2D eigenvalue weighted by Gasteiger charge is -2.45. The van der Waals surface area contributed by atoms with Gasteiger partial charge < -0.3 is 14.7 Å². The lowest BCUT2D eigenvalue weighted by Crippen LogP contribution is -2.58. The van der Waals surface area contributed by atoms with Crippen LogP contribution in [0.5, 0.6) is 0 Å². The first-order valence-corrected chi connectivity index (χ1v) is 7.21. The molecule has 0 unspecified atom stereocenters. The minimum atomic E-state index is -0.710. The zero-order valence-corrected chi connectivity index (χ0v) is 12.5. The minimum absolute atomic E-state index is 0.265. The lowest BCUT2D eigenvalue weighted by atomic mass is 9.91. The van der Waals surface area contributed by atoms with E-state index in [1.54, 1.807) is 4.90 Å². The van der Waals surface area contributed by atoms with E-state index in [1.807, 2.05) is 20.8 Å². The van der Waals surface area contributed by atoms with Crippen LogP contribution in [0.1, 0.15) is 33.6 Å². The van der Waals surface area contributed by atoms with Crippen LogP contribution in [0.15, 0.2) is 0 Å². The van der Waals surface area contributed by atoms with E-state index >= 15 is 0 Å². The number of hydrogen-bond acceptors (Lipinski definition) is 4. The van der Waals surface area contributed by atoms with Gasteiger partial charge in [-0.1, -0.05) is 0 Å². The molecular formula is C14H24N2O4. The second kappa shape index (κ2) is 5.60. The highest BCUT2D eigenvalue weighted by atomic mass is 16.6. The van der Waals surface area contributed by atoms with Crippen LogP contribution in [-0.2, 0) is 9.53 Å². The summed E-state index contributed by atoms with van der Waals surface area (Å²) in [6.45, 7) is 8.16. The highest BCUT2D eigenvalue weighted by Crippen LogP contribution is 2.26. The molecule has 2 heterocycles. The van der Waals surface area contributed by atoms with E-state index in [-0.39, 0.29) is 18.1 Å². The molecule has 0 aliphatic carbocycles. The third-order valence-corrected chi connectivity index (χ3v) is 3.91. The second-order valence-electron chi connectivity index (χ2n) is 6.69. The van der Waals surface area contributed by atoms with Gasteiger partial charge in [0.1, 0.15) is 5.60 Å². The van der Waals surface area contributed by atoms with Crippen LogP contribution < -0.4 is 0 Å². The third kappa shape index (κ3) is 3.62. The molecule has 2 saturated heterocycles. The van der Waals surface area contributed by atoms with Crippen molar-refractivity contribution >= 4 is 12.1 Å². The second-order valence-corrected chi connectivity index (χ2v) is 6.69. The fourth-order valence-corrected chi connectivity index (χ4v) is 2.87. The molecule has 0 aromatic carbocycles. The van der Waals surface area contributed by atoms with E-state index < -0.39 is 11.6 Å². The fourth-order valence-electron chi connectivity index (χ4n) is 2.87. The van der Waals surface area contributed by atoms with E-state index in [9.17, 15) is 9.59 Å². The van der Waals surface area contributed by atoms with Gasteiger partial charge in [-0.2, -0.15) is 0 Å². The van der Waals surface area contributed by atoms with Crippen LogP contribution in [0, 0.1) is 5.92 Å². The number of piperidine rings is 1. The topological polar surface area (TPSA) is 70.1 Å². The Balaban J connectivity index is 1.90. The number of ether oxygens (including phenoxy) is 1. The molecular weight excluding hydrogens is 260 g/mol. The fraction of sp³-hybridized carbons (Fsp3) is 0.857. The first-order chi connectivity index (χ1) is 9.26. The largest absolute Gasteiger partial charge is 0.481 e. The van der Waals surface area contributed by atoms with Crippen molar-refractivity contribution in [3.63, 3.8) is 0 Å². The summed E-state index contributed by atoms with van der Waals surface area (Å²) < 4.78 is 5.39. The molecule has 20 heavy (non-hydrogen) atoms. The maximum atomic E-state index is 12.1. The normalized spacial score (nSPS) is 27.9. The summed E-state index contributed by atoms with van der Waals surface area (Å²) in [5.41, 5.74) is -0.477. The highest BCUT2D eigenvalue weighted by Gasteiger charge is 2.37. The lowest BCUT2D eigenvalue weighted by molar-refractivity contribution is -0.144. The number of aliphatic carboxylic acids is 1. The van der Waals surface area contributed by atoms with Crippen LogP contribution in [0.4, 0.5) is 4.79 Å². The standard InChI is InChI=1S/C14H24N2O4/c1-14(2,3)20-13(19)16-7-6-15-8-10(12(17)18)4-5-11(15)9-16/h10-11H,4-9H2,1-3H3,(H,17,18)/t10-,11+/m0/s1. The molecule has 1 amide bonds. The van der Waals surface area contributed by atoms with Crippen molar-refractivity contribution in [2.24, 2.45) is 5.92 Å². The number of fused-ring (bicyclic) bond motifs is 1. The molecule has 2 rings (SSSR count). The molecule has 1 N–H and O–H groups in total. The Bertz CT molecular complexity index is 391. The molecule has 2 aliphatic rings. The maximum Gasteiger partial charge on any atom is 0.410 e. The zero-order chi connectivity index (χ0) is 14.9. The number of carboxylic acids is 1. The number of nitrogens with zero attached hydrogens (tertiary/aromatic N) is 2. The monoisotopic (exact) mass is 284 g/mol. The third-order valence-electron chi connectivity index (χ3n) is 3.91. The highest BCUT2D eigenvalue weighted by molar-refractivity contribution is 5.70. The van der Waals surface area contributed by atoms with Crippen molar-refractivity contribution < 1.29 is 19.4 Å². The summed E-state index contributed by atoms with van der Waals surface area (Å²) in [6, 6.07) is 0.270. The van der Waals surface area contributed by atoms with Gasteiger partial charge >= 0.3 is 12.1 Å². The number of piperazine rings is 1. The van der Waals surface area contributed by atoms with E-state index in [2.05, 4.69) is 4.90 Å². The average molecular weight is 284 g/mol. The van der Waals surface area contributed by atoms with Crippen LogP contribution in [-0.4, -0.2) is 64.8 Å². The van der Waals surface area contributed by atoms with Gasteiger partial charge in [0.25, 0.3) is 0 Å². The average Bonchev–Trinajstić information content (AvgIpc) is 2.35.